The molecule has 28 heavy (non-hydrogen) atoms. The number of halogens is 4. The maximum Gasteiger partial charge on any atom is 0.291 e. The molecule has 0 amide bonds. The van der Waals surface area contributed by atoms with Gasteiger partial charge in [0.2, 0.25) is 0 Å². The van der Waals surface area contributed by atoms with Gasteiger partial charge in [0.1, 0.15) is 0 Å². The first-order valence-corrected chi connectivity index (χ1v) is 9.45. The molecule has 148 valence electrons. The van der Waals surface area contributed by atoms with E-state index in [9.17, 15) is 0 Å². The molecule has 10 heteroatoms. The lowest BCUT2D eigenvalue weighted by molar-refractivity contribution is -0.742. The summed E-state index contributed by atoms with van der Waals surface area (Å²) in [5.74, 6) is 0.127. The Hall–Kier alpha value is -1.99. The smallest absolute Gasteiger partial charge is 0.291 e. The van der Waals surface area contributed by atoms with E-state index < -0.39 is 5.09 Å². The Balaban J connectivity index is 0.000000640. The fourth-order valence-electron chi connectivity index (χ4n) is 2.71. The number of nitrogens with zero attached hydrogens (tertiary/aromatic N) is 3. The molecule has 0 aliphatic heterocycles. The van der Waals surface area contributed by atoms with Crippen molar-refractivity contribution in [2.45, 2.75) is 18.9 Å². The Bertz CT molecular complexity index is 932. The van der Waals surface area contributed by atoms with Gasteiger partial charge in [-0.05, 0) is 41.8 Å². The molecule has 0 fully saturated rings. The number of hydrogen-bond acceptors (Lipinski definition) is 3. The van der Waals surface area contributed by atoms with E-state index in [0.717, 1.165) is 24.1 Å². The van der Waals surface area contributed by atoms with Crippen molar-refractivity contribution < 1.29 is 10.3 Å². The van der Waals surface area contributed by atoms with Crippen LogP contribution in [0.4, 0.5) is 0 Å². The average Bonchev–Trinajstić information content (AvgIpc) is 3.09. The number of hydrogen-bond donors (Lipinski definition) is 1. The molecule has 6 nitrogen and oxygen atoms in total. The molecule has 1 atom stereocenters. The van der Waals surface area contributed by atoms with Gasteiger partial charge in [-0.1, -0.05) is 58.5 Å². The third-order valence-electron chi connectivity index (χ3n) is 3.87. The van der Waals surface area contributed by atoms with Crippen molar-refractivity contribution in [3.05, 3.63) is 96.5 Å². The van der Waals surface area contributed by atoms with Crippen molar-refractivity contribution in [2.24, 2.45) is 0 Å². The Morgan fingerprint density at radius 2 is 1.68 bits per heavy atom. The summed E-state index contributed by atoms with van der Waals surface area (Å²) in [6.45, 7) is 0.736. The van der Waals surface area contributed by atoms with Crippen LogP contribution in [0.3, 0.4) is 0 Å². The molecule has 0 saturated carbocycles. The van der Waals surface area contributed by atoms with Crippen molar-refractivity contribution in [3.8, 4) is 0 Å². The highest BCUT2D eigenvalue weighted by atomic mass is 35.5. The molecule has 1 aromatic heterocycles. The Morgan fingerprint density at radius 1 is 1.07 bits per heavy atom. The van der Waals surface area contributed by atoms with Crippen LogP contribution in [0.2, 0.25) is 20.1 Å². The van der Waals surface area contributed by atoms with Gasteiger partial charge in [0.25, 0.3) is 5.09 Å². The van der Waals surface area contributed by atoms with E-state index in [1.165, 1.54) is 0 Å². The highest BCUT2D eigenvalue weighted by molar-refractivity contribution is 6.35. The first-order valence-electron chi connectivity index (χ1n) is 7.94. The van der Waals surface area contributed by atoms with Crippen LogP contribution in [0.15, 0.2) is 55.1 Å². The monoisotopic (exact) mass is 461 g/mol. The van der Waals surface area contributed by atoms with Crippen LogP contribution < -0.4 is 0 Å². The normalized spacial score (nSPS) is 11.4. The minimum Gasteiger partial charge on any atom is -0.337 e. The zero-order valence-electron chi connectivity index (χ0n) is 14.3. The van der Waals surface area contributed by atoms with Gasteiger partial charge in [-0.25, -0.2) is 4.98 Å². The topological polar surface area (TPSA) is 81.2 Å². The van der Waals surface area contributed by atoms with Crippen molar-refractivity contribution in [1.82, 2.24) is 9.55 Å². The first kappa shape index (κ1) is 22.3. The molecule has 1 N–H and O–H groups in total. The molecular formula is C18H15Cl4N3O3. The number of imidazole rings is 1. The highest BCUT2D eigenvalue weighted by Crippen LogP contribution is 2.33. The molecule has 3 aromatic rings. The lowest BCUT2D eigenvalue weighted by Gasteiger charge is -2.20. The average molecular weight is 463 g/mol. The predicted molar refractivity (Wildman–Crippen MR) is 110 cm³/mol. The SMILES string of the molecule is Clc1ccc(CC(Cn2ccnc2)c2ccc(Cl)cc2Cl)c(Cl)c1.O=[N+]([O-])O. The molecule has 1 heterocycles. The molecule has 0 bridgehead atoms. The predicted octanol–water partition coefficient (Wildman–Crippen LogP) is 6.18. The minimum atomic E-state index is -1.50. The quantitative estimate of drug-likeness (QED) is 0.362. The highest BCUT2D eigenvalue weighted by Gasteiger charge is 2.18. The second kappa shape index (κ2) is 10.5. The zero-order chi connectivity index (χ0) is 20.7. The van der Waals surface area contributed by atoms with Gasteiger partial charge in [-0.15, -0.1) is 10.1 Å². The van der Waals surface area contributed by atoms with Crippen molar-refractivity contribution >= 4 is 46.4 Å². The Kier molecular flexibility index (Phi) is 8.38. The van der Waals surface area contributed by atoms with Gasteiger partial charge in [0, 0.05) is 44.9 Å². The fraction of sp³-hybridized carbons (Fsp3) is 0.167. The van der Waals surface area contributed by atoms with Gasteiger partial charge in [0.15, 0.2) is 0 Å². The van der Waals surface area contributed by atoms with Crippen LogP contribution in [0.1, 0.15) is 17.0 Å². The van der Waals surface area contributed by atoms with E-state index in [2.05, 4.69) is 4.98 Å². The van der Waals surface area contributed by atoms with Gasteiger partial charge < -0.3 is 9.77 Å². The summed E-state index contributed by atoms with van der Waals surface area (Å²) < 4.78 is 2.03. The lowest BCUT2D eigenvalue weighted by atomic mass is 9.91. The van der Waals surface area contributed by atoms with Crippen LogP contribution in [0.5, 0.6) is 0 Å². The summed E-state index contributed by atoms with van der Waals surface area (Å²) in [4.78, 5) is 12.5. The van der Waals surface area contributed by atoms with Crippen LogP contribution in [-0.2, 0) is 13.0 Å². The maximum atomic E-state index is 8.36. The van der Waals surface area contributed by atoms with Crippen LogP contribution in [0.25, 0.3) is 0 Å². The van der Waals surface area contributed by atoms with E-state index in [-0.39, 0.29) is 5.92 Å². The summed E-state index contributed by atoms with van der Waals surface area (Å²) >= 11 is 24.8. The van der Waals surface area contributed by atoms with Crippen LogP contribution in [-0.4, -0.2) is 19.8 Å². The molecule has 0 spiro atoms. The molecule has 2 aromatic carbocycles. The summed E-state index contributed by atoms with van der Waals surface area (Å²) in [6.07, 6.45) is 6.21. The molecule has 1 unspecified atom stereocenters. The largest absolute Gasteiger partial charge is 0.337 e. The van der Waals surface area contributed by atoms with Gasteiger partial charge in [-0.2, -0.15) is 0 Å². The lowest BCUT2D eigenvalue weighted by Crippen LogP contribution is -2.12. The van der Waals surface area contributed by atoms with E-state index >= 15 is 0 Å². The van der Waals surface area contributed by atoms with Crippen LogP contribution in [0, 0.1) is 10.1 Å². The van der Waals surface area contributed by atoms with E-state index in [1.54, 1.807) is 24.7 Å². The summed E-state index contributed by atoms with van der Waals surface area (Å²) in [7, 11) is 0. The van der Waals surface area contributed by atoms with Gasteiger partial charge in [0.05, 0.1) is 6.33 Å². The van der Waals surface area contributed by atoms with E-state index in [4.69, 9.17) is 61.7 Å². The molecule has 0 saturated heterocycles. The Morgan fingerprint density at radius 3 is 2.21 bits per heavy atom. The Labute approximate surface area is 181 Å². The maximum absolute atomic E-state index is 8.36. The van der Waals surface area contributed by atoms with E-state index in [1.807, 2.05) is 35.0 Å². The summed E-state index contributed by atoms with van der Waals surface area (Å²) in [5.41, 5.74) is 2.05. The molecule has 0 aliphatic rings. The fourth-order valence-corrected chi connectivity index (χ4v) is 3.76. The number of benzene rings is 2. The van der Waals surface area contributed by atoms with Gasteiger partial charge in [-0.3, -0.25) is 0 Å². The summed E-state index contributed by atoms with van der Waals surface area (Å²) in [6, 6.07) is 11.2. The first-order chi connectivity index (χ1) is 13.3. The molecular weight excluding hydrogens is 448 g/mol. The van der Waals surface area contributed by atoms with Crippen molar-refractivity contribution in [3.63, 3.8) is 0 Å². The number of aromatic nitrogens is 2. The summed E-state index contributed by atoms with van der Waals surface area (Å²) in [5, 5.41) is 16.2. The number of rotatable bonds is 5. The third kappa shape index (κ3) is 6.87. The third-order valence-corrected chi connectivity index (χ3v) is 5.02. The van der Waals surface area contributed by atoms with Crippen molar-refractivity contribution in [1.29, 1.82) is 0 Å². The zero-order valence-corrected chi connectivity index (χ0v) is 17.3. The molecule has 0 radical (unpaired) electrons. The van der Waals surface area contributed by atoms with E-state index in [0.29, 0.717) is 20.1 Å². The second-order valence-electron chi connectivity index (χ2n) is 5.80. The molecule has 3 rings (SSSR count). The minimum absolute atomic E-state index is 0.127. The van der Waals surface area contributed by atoms with Gasteiger partial charge >= 0.3 is 0 Å². The molecule has 0 aliphatic carbocycles. The van der Waals surface area contributed by atoms with Crippen LogP contribution >= 0.6 is 46.4 Å². The van der Waals surface area contributed by atoms with Crippen molar-refractivity contribution in [2.75, 3.05) is 0 Å². The second-order valence-corrected chi connectivity index (χ2v) is 7.49. The standard InChI is InChI=1S/C18H14Cl4N2.HNO3/c19-14-2-1-12(17(21)8-14)7-13(10-24-6-5-23-11-24)16-4-3-15(20)9-18(16)22;2-1(3)4/h1-6,8-9,11,13H,7,10H2;(H,2,3,4).